The van der Waals surface area contributed by atoms with Gasteiger partial charge in [-0.3, -0.25) is 4.79 Å². The molecule has 1 saturated heterocycles. The number of hydrogen-bond donors (Lipinski definition) is 0. The molecule has 6 nitrogen and oxygen atoms in total. The lowest BCUT2D eigenvalue weighted by Crippen LogP contribution is -2.51. The molecule has 1 aromatic carbocycles. The molecule has 2 rings (SSSR count). The Morgan fingerprint density at radius 1 is 1.32 bits per heavy atom. The molecule has 22 heavy (non-hydrogen) atoms. The molecule has 0 aromatic heterocycles. The first kappa shape index (κ1) is 17.7. The van der Waals surface area contributed by atoms with Gasteiger partial charge >= 0.3 is 0 Å². The number of carbonyl (C=O) groups excluding carboxylic acids is 1. The maximum Gasteiger partial charge on any atom is 0.248 e. The molecule has 122 valence electrons. The Labute approximate surface area is 143 Å². The van der Waals surface area contributed by atoms with Crippen molar-refractivity contribution in [2.24, 2.45) is 0 Å². The van der Waals surface area contributed by atoms with Gasteiger partial charge in [-0.2, -0.15) is 4.31 Å². The van der Waals surface area contributed by atoms with Gasteiger partial charge in [-0.05, 0) is 18.2 Å². The number of ether oxygens (including phenoxy) is 1. The average Bonchev–Trinajstić information content (AvgIpc) is 2.47. The SMILES string of the molecule is COCC(=O)N1CCN(S(=O)(=O)c2ccc(Br)cc2Cl)CC1. The van der Waals surface area contributed by atoms with Crippen LogP contribution in [0.25, 0.3) is 0 Å². The second kappa shape index (κ2) is 7.27. The zero-order chi connectivity index (χ0) is 16.3. The first-order valence-electron chi connectivity index (χ1n) is 6.58. The van der Waals surface area contributed by atoms with E-state index in [1.807, 2.05) is 0 Å². The molecule has 0 spiro atoms. The van der Waals surface area contributed by atoms with Crippen LogP contribution in [0, 0.1) is 0 Å². The van der Waals surface area contributed by atoms with Crippen molar-refractivity contribution in [3.05, 3.63) is 27.7 Å². The fourth-order valence-corrected chi connectivity index (χ4v) is 4.65. The van der Waals surface area contributed by atoms with E-state index in [2.05, 4.69) is 15.9 Å². The lowest BCUT2D eigenvalue weighted by atomic mass is 10.3. The Hall–Kier alpha value is -0.670. The summed E-state index contributed by atoms with van der Waals surface area (Å²) < 4.78 is 32.1. The molecule has 1 amide bonds. The van der Waals surface area contributed by atoms with Crippen LogP contribution in [0.4, 0.5) is 0 Å². The van der Waals surface area contributed by atoms with Gasteiger partial charge < -0.3 is 9.64 Å². The summed E-state index contributed by atoms with van der Waals surface area (Å²) in [6, 6.07) is 4.66. The number of piperazine rings is 1. The van der Waals surface area contributed by atoms with Gasteiger partial charge in [0.2, 0.25) is 15.9 Å². The molecule has 1 aliphatic rings. The predicted molar refractivity (Wildman–Crippen MR) is 86.4 cm³/mol. The maximum atomic E-state index is 12.6. The summed E-state index contributed by atoms with van der Waals surface area (Å²) in [4.78, 5) is 13.4. The molecule has 0 saturated carbocycles. The quantitative estimate of drug-likeness (QED) is 0.754. The molecule has 0 unspecified atom stereocenters. The number of sulfonamides is 1. The molecule has 0 bridgehead atoms. The van der Waals surface area contributed by atoms with Gasteiger partial charge in [0, 0.05) is 37.8 Å². The van der Waals surface area contributed by atoms with Crippen LogP contribution in [0.15, 0.2) is 27.6 Å². The highest BCUT2D eigenvalue weighted by Crippen LogP contribution is 2.28. The molecule has 1 aromatic rings. The minimum absolute atomic E-state index is 0.00525. The van der Waals surface area contributed by atoms with Crippen molar-refractivity contribution in [3.8, 4) is 0 Å². The summed E-state index contributed by atoms with van der Waals surface area (Å²) in [5.41, 5.74) is 0. The molecule has 0 aliphatic carbocycles. The zero-order valence-electron chi connectivity index (χ0n) is 12.0. The zero-order valence-corrected chi connectivity index (χ0v) is 15.1. The van der Waals surface area contributed by atoms with E-state index in [0.29, 0.717) is 17.6 Å². The molecular weight excluding hydrogens is 396 g/mol. The van der Waals surface area contributed by atoms with Crippen LogP contribution in [0.5, 0.6) is 0 Å². The smallest absolute Gasteiger partial charge is 0.248 e. The third-order valence-electron chi connectivity index (χ3n) is 3.37. The highest BCUT2D eigenvalue weighted by atomic mass is 79.9. The highest BCUT2D eigenvalue weighted by Gasteiger charge is 2.31. The van der Waals surface area contributed by atoms with Gasteiger partial charge in [-0.1, -0.05) is 27.5 Å². The van der Waals surface area contributed by atoms with Crippen LogP contribution >= 0.6 is 27.5 Å². The van der Waals surface area contributed by atoms with Crippen molar-refractivity contribution in [2.45, 2.75) is 4.90 Å². The number of carbonyl (C=O) groups is 1. The van der Waals surface area contributed by atoms with Crippen molar-refractivity contribution in [3.63, 3.8) is 0 Å². The number of benzene rings is 1. The largest absolute Gasteiger partial charge is 0.375 e. The number of halogens is 2. The summed E-state index contributed by atoms with van der Waals surface area (Å²) in [5, 5.41) is 0.173. The predicted octanol–water partition coefficient (Wildman–Crippen LogP) is 1.58. The van der Waals surface area contributed by atoms with E-state index in [-0.39, 0.29) is 35.5 Å². The standard InChI is InChI=1S/C13H16BrClN2O4S/c1-21-9-13(18)16-4-6-17(7-5-16)22(19,20)12-3-2-10(14)8-11(12)15/h2-3,8H,4-7,9H2,1H3. The van der Waals surface area contributed by atoms with E-state index in [4.69, 9.17) is 16.3 Å². The van der Waals surface area contributed by atoms with Gasteiger partial charge in [0.25, 0.3) is 0 Å². The summed E-state index contributed by atoms with van der Waals surface area (Å²) >= 11 is 9.29. The Kier molecular flexibility index (Phi) is 5.84. The molecule has 1 heterocycles. The first-order chi connectivity index (χ1) is 10.4. The lowest BCUT2D eigenvalue weighted by Gasteiger charge is -2.34. The molecule has 0 radical (unpaired) electrons. The Bertz CT molecular complexity index is 660. The normalized spacial score (nSPS) is 16.8. The van der Waals surface area contributed by atoms with E-state index in [9.17, 15) is 13.2 Å². The second-order valence-corrected chi connectivity index (χ2v) is 8.02. The summed E-state index contributed by atoms with van der Waals surface area (Å²) in [5.74, 6) is -0.138. The van der Waals surface area contributed by atoms with Crippen molar-refractivity contribution in [2.75, 3.05) is 39.9 Å². The molecule has 9 heteroatoms. The van der Waals surface area contributed by atoms with Crippen LogP contribution in [0.3, 0.4) is 0 Å². The van der Waals surface area contributed by atoms with E-state index in [0.717, 1.165) is 0 Å². The Morgan fingerprint density at radius 3 is 2.50 bits per heavy atom. The number of rotatable bonds is 4. The van der Waals surface area contributed by atoms with Gasteiger partial charge in [0.05, 0.1) is 5.02 Å². The van der Waals surface area contributed by atoms with E-state index < -0.39 is 10.0 Å². The summed E-state index contributed by atoms with van der Waals surface area (Å²) in [6.45, 7) is 1.17. The number of amides is 1. The van der Waals surface area contributed by atoms with Crippen molar-refractivity contribution >= 4 is 43.5 Å². The average molecular weight is 412 g/mol. The topological polar surface area (TPSA) is 66.9 Å². The minimum atomic E-state index is -3.66. The fourth-order valence-electron chi connectivity index (χ4n) is 2.22. The maximum absolute atomic E-state index is 12.6. The first-order valence-corrected chi connectivity index (χ1v) is 9.19. The van der Waals surface area contributed by atoms with E-state index in [1.54, 1.807) is 17.0 Å². The summed E-state index contributed by atoms with van der Waals surface area (Å²) in [6.07, 6.45) is 0. The van der Waals surface area contributed by atoms with Gasteiger partial charge in [-0.15, -0.1) is 0 Å². The van der Waals surface area contributed by atoms with Crippen LogP contribution in [0.1, 0.15) is 0 Å². The van der Waals surface area contributed by atoms with Crippen molar-refractivity contribution in [1.29, 1.82) is 0 Å². The molecule has 1 fully saturated rings. The third kappa shape index (κ3) is 3.80. The van der Waals surface area contributed by atoms with E-state index >= 15 is 0 Å². The van der Waals surface area contributed by atoms with Crippen molar-refractivity contribution in [1.82, 2.24) is 9.21 Å². The fraction of sp³-hybridized carbons (Fsp3) is 0.462. The third-order valence-corrected chi connectivity index (χ3v) is 6.25. The van der Waals surface area contributed by atoms with Crippen LogP contribution in [-0.2, 0) is 19.6 Å². The van der Waals surface area contributed by atoms with Crippen molar-refractivity contribution < 1.29 is 17.9 Å². The summed E-state index contributed by atoms with van der Waals surface area (Å²) in [7, 11) is -2.21. The minimum Gasteiger partial charge on any atom is -0.375 e. The highest BCUT2D eigenvalue weighted by molar-refractivity contribution is 9.10. The second-order valence-electron chi connectivity index (χ2n) is 4.79. The van der Waals surface area contributed by atoms with E-state index in [1.165, 1.54) is 17.5 Å². The molecular formula is C13H16BrClN2O4S. The van der Waals surface area contributed by atoms with Gasteiger partial charge in [0.1, 0.15) is 11.5 Å². The monoisotopic (exact) mass is 410 g/mol. The van der Waals surface area contributed by atoms with Crippen LogP contribution in [-0.4, -0.2) is 63.4 Å². The molecule has 1 aliphatic heterocycles. The lowest BCUT2D eigenvalue weighted by molar-refractivity contribution is -0.136. The molecule has 0 N–H and O–H groups in total. The van der Waals surface area contributed by atoms with Crippen LogP contribution < -0.4 is 0 Å². The molecule has 0 atom stereocenters. The van der Waals surface area contributed by atoms with Gasteiger partial charge in [0.15, 0.2) is 0 Å². The van der Waals surface area contributed by atoms with Gasteiger partial charge in [-0.25, -0.2) is 8.42 Å². The Morgan fingerprint density at radius 2 is 1.95 bits per heavy atom. The number of methoxy groups -OCH3 is 1. The Balaban J connectivity index is 2.11. The number of hydrogen-bond acceptors (Lipinski definition) is 4. The van der Waals surface area contributed by atoms with Crippen LogP contribution in [0.2, 0.25) is 5.02 Å². The number of nitrogens with zero attached hydrogens (tertiary/aromatic N) is 2.